The highest BCUT2D eigenvalue weighted by Crippen LogP contribution is 2.29. The number of carbonyl (C=O) groups excluding carboxylic acids is 1. The van der Waals surface area contributed by atoms with Crippen LogP contribution in [0.1, 0.15) is 25.7 Å². The van der Waals surface area contributed by atoms with Gasteiger partial charge in [-0.3, -0.25) is 4.21 Å². The molecule has 98 valence electrons. The summed E-state index contributed by atoms with van der Waals surface area (Å²) in [4.78, 5) is 22.7. The molecule has 0 radical (unpaired) electrons. The molecule has 1 atom stereocenters. The summed E-state index contributed by atoms with van der Waals surface area (Å²) in [6, 6.07) is -0.500. The third-order valence-corrected chi connectivity index (χ3v) is 3.67. The fraction of sp³-hybridized carbons (Fsp3) is 0.800. The van der Waals surface area contributed by atoms with Gasteiger partial charge >= 0.3 is 12.0 Å². The number of urea groups is 1. The van der Waals surface area contributed by atoms with Crippen LogP contribution < -0.4 is 10.6 Å². The van der Waals surface area contributed by atoms with Gasteiger partial charge in [0.25, 0.3) is 0 Å². The minimum absolute atomic E-state index is 0.282. The molecule has 0 bridgehead atoms. The Bertz CT molecular complexity index is 326. The summed E-state index contributed by atoms with van der Waals surface area (Å²) in [5.74, 6) is -0.614. The van der Waals surface area contributed by atoms with Crippen molar-refractivity contribution in [3.05, 3.63) is 0 Å². The second-order valence-corrected chi connectivity index (χ2v) is 5.81. The number of hydrogen-bond donors (Lipinski definition) is 3. The second kappa shape index (κ2) is 6.00. The normalized spacial score (nSPS) is 19.6. The molecule has 2 amide bonds. The van der Waals surface area contributed by atoms with E-state index in [0.717, 1.165) is 12.8 Å². The van der Waals surface area contributed by atoms with Crippen molar-refractivity contribution in [2.24, 2.45) is 0 Å². The maximum Gasteiger partial charge on any atom is 0.329 e. The Labute approximate surface area is 103 Å². The lowest BCUT2D eigenvalue weighted by molar-refractivity contribution is -0.144. The van der Waals surface area contributed by atoms with Crippen LogP contribution in [0.4, 0.5) is 4.79 Å². The van der Waals surface area contributed by atoms with Gasteiger partial charge in [0.05, 0.1) is 0 Å². The first-order valence-electron chi connectivity index (χ1n) is 5.56. The highest BCUT2D eigenvalue weighted by molar-refractivity contribution is 7.84. The van der Waals surface area contributed by atoms with E-state index in [1.807, 2.05) is 0 Å². The molecule has 7 heteroatoms. The van der Waals surface area contributed by atoms with E-state index in [1.165, 1.54) is 0 Å². The molecule has 0 aliphatic heterocycles. The van der Waals surface area contributed by atoms with Gasteiger partial charge in [-0.1, -0.05) is 12.8 Å². The van der Waals surface area contributed by atoms with Gasteiger partial charge in [0, 0.05) is 29.4 Å². The zero-order valence-electron chi connectivity index (χ0n) is 9.82. The number of carbonyl (C=O) groups is 2. The monoisotopic (exact) mass is 262 g/mol. The average Bonchev–Trinajstić information content (AvgIpc) is 2.66. The molecule has 0 spiro atoms. The van der Waals surface area contributed by atoms with Gasteiger partial charge in [-0.05, 0) is 12.8 Å². The molecule has 17 heavy (non-hydrogen) atoms. The Kier molecular flexibility index (Phi) is 4.92. The molecule has 0 aromatic rings. The van der Waals surface area contributed by atoms with Crippen molar-refractivity contribution in [2.45, 2.75) is 31.2 Å². The van der Waals surface area contributed by atoms with Crippen molar-refractivity contribution >= 4 is 22.8 Å². The first-order valence-corrected chi connectivity index (χ1v) is 7.28. The Morgan fingerprint density at radius 2 is 1.94 bits per heavy atom. The van der Waals surface area contributed by atoms with Crippen LogP contribution >= 0.6 is 0 Å². The summed E-state index contributed by atoms with van der Waals surface area (Å²) in [6.45, 7) is 0.282. The van der Waals surface area contributed by atoms with E-state index in [4.69, 9.17) is 5.11 Å². The SMILES string of the molecule is CS(=O)CCNC(=O)NC1(C(=O)O)CCCC1. The third kappa shape index (κ3) is 3.99. The van der Waals surface area contributed by atoms with Gasteiger partial charge < -0.3 is 15.7 Å². The smallest absolute Gasteiger partial charge is 0.329 e. The molecular formula is C10H18N2O4S. The Balaban J connectivity index is 2.43. The zero-order chi connectivity index (χ0) is 12.9. The Hall–Kier alpha value is -1.11. The average molecular weight is 262 g/mol. The summed E-state index contributed by atoms with van der Waals surface area (Å²) in [6.07, 6.45) is 4.11. The number of aliphatic carboxylic acids is 1. The van der Waals surface area contributed by atoms with Crippen LogP contribution in [0.2, 0.25) is 0 Å². The van der Waals surface area contributed by atoms with Gasteiger partial charge in [-0.25, -0.2) is 9.59 Å². The van der Waals surface area contributed by atoms with Gasteiger partial charge in [-0.15, -0.1) is 0 Å². The quantitative estimate of drug-likeness (QED) is 0.653. The number of amides is 2. The molecule has 1 fully saturated rings. The number of hydrogen-bond acceptors (Lipinski definition) is 3. The fourth-order valence-electron chi connectivity index (χ4n) is 1.94. The lowest BCUT2D eigenvalue weighted by atomic mass is 9.98. The van der Waals surface area contributed by atoms with Crippen LogP contribution in [0.15, 0.2) is 0 Å². The van der Waals surface area contributed by atoms with Gasteiger partial charge in [0.1, 0.15) is 5.54 Å². The molecule has 0 heterocycles. The standard InChI is InChI=1S/C10H18N2O4S/c1-17(16)7-6-11-9(15)12-10(8(13)14)4-2-3-5-10/h2-7H2,1H3,(H,13,14)(H2,11,12,15). The summed E-state index contributed by atoms with van der Waals surface area (Å²) >= 11 is 0. The molecule has 3 N–H and O–H groups in total. The van der Waals surface area contributed by atoms with E-state index in [1.54, 1.807) is 6.26 Å². The maximum atomic E-state index is 11.5. The molecule has 6 nitrogen and oxygen atoms in total. The van der Waals surface area contributed by atoms with E-state index < -0.39 is 28.3 Å². The molecule has 1 unspecified atom stereocenters. The zero-order valence-corrected chi connectivity index (χ0v) is 10.6. The minimum Gasteiger partial charge on any atom is -0.480 e. The van der Waals surface area contributed by atoms with E-state index >= 15 is 0 Å². The van der Waals surface area contributed by atoms with E-state index in [-0.39, 0.29) is 6.54 Å². The number of carboxylic acids is 1. The maximum absolute atomic E-state index is 11.5. The number of rotatable bonds is 5. The van der Waals surface area contributed by atoms with Crippen LogP contribution in [-0.2, 0) is 15.6 Å². The van der Waals surface area contributed by atoms with Crippen molar-refractivity contribution in [1.29, 1.82) is 0 Å². The van der Waals surface area contributed by atoms with Gasteiger partial charge in [-0.2, -0.15) is 0 Å². The fourth-order valence-corrected chi connectivity index (χ4v) is 2.33. The summed E-state index contributed by atoms with van der Waals surface area (Å²) in [5, 5.41) is 14.2. The van der Waals surface area contributed by atoms with Crippen LogP contribution in [-0.4, -0.2) is 45.4 Å². The highest BCUT2D eigenvalue weighted by Gasteiger charge is 2.42. The van der Waals surface area contributed by atoms with Crippen molar-refractivity contribution in [3.63, 3.8) is 0 Å². The van der Waals surface area contributed by atoms with Gasteiger partial charge in [0.15, 0.2) is 0 Å². The topological polar surface area (TPSA) is 95.5 Å². The molecular weight excluding hydrogens is 244 g/mol. The summed E-state index contributed by atoms with van der Waals surface area (Å²) in [7, 11) is -0.964. The molecule has 1 aliphatic rings. The van der Waals surface area contributed by atoms with Crippen molar-refractivity contribution < 1.29 is 18.9 Å². The molecule has 1 rings (SSSR count). The minimum atomic E-state index is -1.12. The van der Waals surface area contributed by atoms with Crippen LogP contribution in [0.5, 0.6) is 0 Å². The van der Waals surface area contributed by atoms with E-state index in [2.05, 4.69) is 10.6 Å². The Morgan fingerprint density at radius 1 is 1.35 bits per heavy atom. The van der Waals surface area contributed by atoms with Crippen LogP contribution in [0.25, 0.3) is 0 Å². The lowest BCUT2D eigenvalue weighted by Crippen LogP contribution is -2.55. The third-order valence-electron chi connectivity index (χ3n) is 2.89. The first-order chi connectivity index (χ1) is 7.96. The van der Waals surface area contributed by atoms with E-state index in [9.17, 15) is 13.8 Å². The molecule has 0 saturated heterocycles. The summed E-state index contributed by atoms with van der Waals surface area (Å²) < 4.78 is 10.8. The first kappa shape index (κ1) is 14.0. The second-order valence-electron chi connectivity index (χ2n) is 4.25. The van der Waals surface area contributed by atoms with Crippen molar-refractivity contribution in [3.8, 4) is 0 Å². The van der Waals surface area contributed by atoms with Crippen LogP contribution in [0.3, 0.4) is 0 Å². The largest absolute Gasteiger partial charge is 0.480 e. The predicted molar refractivity (Wildman–Crippen MR) is 64.3 cm³/mol. The number of carboxylic acid groups (broad SMARTS) is 1. The van der Waals surface area contributed by atoms with E-state index in [0.29, 0.717) is 18.6 Å². The summed E-state index contributed by atoms with van der Waals surface area (Å²) in [5.41, 5.74) is -1.12. The highest BCUT2D eigenvalue weighted by atomic mass is 32.2. The van der Waals surface area contributed by atoms with Crippen molar-refractivity contribution in [2.75, 3.05) is 18.6 Å². The van der Waals surface area contributed by atoms with Gasteiger partial charge in [0.2, 0.25) is 0 Å². The molecule has 0 aromatic heterocycles. The molecule has 1 saturated carbocycles. The molecule has 1 aliphatic carbocycles. The number of nitrogens with one attached hydrogen (secondary N) is 2. The predicted octanol–water partition coefficient (Wildman–Crippen LogP) is 0.0615. The van der Waals surface area contributed by atoms with Crippen molar-refractivity contribution in [1.82, 2.24) is 10.6 Å². The van der Waals surface area contributed by atoms with Crippen LogP contribution in [0, 0.1) is 0 Å². The molecule has 0 aromatic carbocycles. The Morgan fingerprint density at radius 3 is 2.41 bits per heavy atom. The lowest BCUT2D eigenvalue weighted by Gasteiger charge is -2.25.